The van der Waals surface area contributed by atoms with Gasteiger partial charge in [0.1, 0.15) is 0 Å². The van der Waals surface area contributed by atoms with E-state index < -0.39 is 36.2 Å². The molecule has 2 atom stereocenters. The van der Waals surface area contributed by atoms with Crippen LogP contribution < -0.4 is 190 Å². The fraction of sp³-hybridized carbons (Fsp3) is 0.294. The normalized spacial score (nSPS) is 20.0. The molecule has 0 spiro atoms. The van der Waals surface area contributed by atoms with Crippen molar-refractivity contribution in [2.75, 3.05) is 0 Å². The maximum Gasteiger partial charge on any atom is 2.00 e. The third-order valence-electron chi connectivity index (χ3n) is 8.64. The van der Waals surface area contributed by atoms with Gasteiger partial charge in [-0.05, 0) is 73.1 Å². The molecule has 4 aliphatic heterocycles. The van der Waals surface area contributed by atoms with E-state index in [1.165, 1.54) is 6.92 Å². The molecule has 49 heavy (non-hydrogen) atoms. The van der Waals surface area contributed by atoms with E-state index in [2.05, 4.69) is 11.6 Å². The number of aliphatic carboxylic acids is 2. The minimum absolute atomic E-state index is 0. The number of aliphatic imine (C=N–C) groups is 3. The predicted octanol–water partition coefficient (Wildman–Crippen LogP) is -10.3. The molecule has 0 amide bonds. The number of nitrogens with zero attached hydrogens (tertiary/aromatic N) is 4. The number of aromatic carboxylic acids is 1. The average molecular weight is 786 g/mol. The summed E-state index contributed by atoms with van der Waals surface area (Å²) in [4.78, 5) is 55.0. The van der Waals surface area contributed by atoms with Crippen LogP contribution in [0.4, 0.5) is 0 Å². The largest absolute Gasteiger partial charge is 2.00 e. The van der Waals surface area contributed by atoms with Gasteiger partial charge in [-0.3, -0.25) is 4.99 Å². The third-order valence-corrected chi connectivity index (χ3v) is 8.64. The summed E-state index contributed by atoms with van der Waals surface area (Å²) in [5.74, 6) is -5.40. The Labute approximate surface area is 422 Å². The van der Waals surface area contributed by atoms with Crippen molar-refractivity contribution < 1.29 is 206 Å². The maximum atomic E-state index is 12.5. The molecule has 5 heterocycles. The zero-order chi connectivity index (χ0) is 32.7. The topological polar surface area (TPSA) is 195 Å². The number of hydrogen-bond acceptors (Lipinski definition) is 10. The van der Waals surface area contributed by atoms with Crippen LogP contribution in [0.5, 0.6) is 0 Å². The summed E-state index contributed by atoms with van der Waals surface area (Å²) in [5.41, 5.74) is 4.82. The Morgan fingerprint density at radius 2 is 1.63 bits per heavy atom. The van der Waals surface area contributed by atoms with Crippen LogP contribution in [0, 0.1) is 18.8 Å². The standard InChI is InChI=1S/C34H34N4O7.Cu.3K/c1-6-18-15(3)23-11-24-16(4)20(8-9-29(40)41)32(37-24)21(10-30(42)43)33-31(34(44)45)17(5)25(38-33)12-27-19(7-2)22(14-39)28(36-27)13-26(18)35-23;;;;/h6,11-14,16,20H,1,7-10H2,2-5H3,(H5,35,36,37,38,39,40,41,42,43,44,45);;;;/q;+2;3*+1/p-5. The van der Waals surface area contributed by atoms with Gasteiger partial charge in [0.2, 0.25) is 0 Å². The van der Waals surface area contributed by atoms with Crippen molar-refractivity contribution in [1.29, 1.82) is 0 Å². The van der Waals surface area contributed by atoms with Gasteiger partial charge in [-0.2, -0.15) is 0 Å². The van der Waals surface area contributed by atoms with E-state index in [1.807, 2.05) is 20.8 Å². The third kappa shape index (κ3) is 9.62. The Morgan fingerprint density at radius 1 is 0.959 bits per heavy atom. The second-order valence-electron chi connectivity index (χ2n) is 11.2. The predicted molar refractivity (Wildman–Crippen MR) is 159 cm³/mol. The fourth-order valence-electron chi connectivity index (χ4n) is 6.29. The molecule has 11 nitrogen and oxygen atoms in total. The van der Waals surface area contributed by atoms with Crippen LogP contribution in [0.25, 0.3) is 11.6 Å². The molecule has 0 fully saturated rings. The fourth-order valence-corrected chi connectivity index (χ4v) is 6.29. The van der Waals surface area contributed by atoms with E-state index >= 15 is 0 Å². The molecule has 0 N–H and O–H groups in total. The number of aromatic nitrogens is 1. The second kappa shape index (κ2) is 20.0. The first-order valence-electron chi connectivity index (χ1n) is 14.5. The van der Waals surface area contributed by atoms with E-state index in [-0.39, 0.29) is 217 Å². The number of carbonyl (C=O) groups excluding carboxylic acids is 3. The molecular weight excluding hydrogens is 757 g/mol. The van der Waals surface area contributed by atoms with Gasteiger partial charge in [0.15, 0.2) is 0 Å². The maximum absolute atomic E-state index is 12.5. The Hall–Kier alpha value is 0.109. The van der Waals surface area contributed by atoms with E-state index in [9.17, 15) is 34.8 Å². The summed E-state index contributed by atoms with van der Waals surface area (Å²) in [6.07, 6.45) is 6.76. The SMILES string of the molecule is C=CC1=C(C)C2=NC1=CC1=NC(=C(CC)C1=C[O-])C=c1[n-]c(c(C(=O)[O-])c1C)=C(CC(=O)[O-])C1=NC(=C2)C(C)C1CCC(=O)[O-].[Cu+2].[K+].[K+].[K+]. The number of rotatable bonds is 8. The van der Waals surface area contributed by atoms with Gasteiger partial charge in [-0.1, -0.05) is 38.1 Å². The summed E-state index contributed by atoms with van der Waals surface area (Å²) >= 11 is 0. The summed E-state index contributed by atoms with van der Waals surface area (Å²) in [5, 5.41) is 48.5. The van der Waals surface area contributed by atoms with Crippen molar-refractivity contribution in [2.45, 2.75) is 53.4 Å². The van der Waals surface area contributed by atoms with Crippen LogP contribution >= 0.6 is 0 Å². The molecule has 1 aromatic heterocycles. The van der Waals surface area contributed by atoms with Crippen molar-refractivity contribution in [2.24, 2.45) is 26.8 Å². The van der Waals surface area contributed by atoms with Crippen molar-refractivity contribution >= 4 is 46.7 Å². The van der Waals surface area contributed by atoms with Crippen LogP contribution in [-0.2, 0) is 26.7 Å². The molecule has 0 aliphatic carbocycles. The molecule has 0 aromatic carbocycles. The van der Waals surface area contributed by atoms with Gasteiger partial charge in [-0.25, -0.2) is 9.98 Å². The Kier molecular flexibility index (Phi) is 19.2. The van der Waals surface area contributed by atoms with Crippen molar-refractivity contribution in [3.05, 3.63) is 92.3 Å². The van der Waals surface area contributed by atoms with Gasteiger partial charge in [-0.15, -0.1) is 17.0 Å². The van der Waals surface area contributed by atoms with Crippen LogP contribution in [0.1, 0.15) is 62.4 Å². The Balaban J connectivity index is 0.00000300. The van der Waals surface area contributed by atoms with Gasteiger partial charge in [0.25, 0.3) is 0 Å². The van der Waals surface area contributed by atoms with Crippen LogP contribution in [-0.4, -0.2) is 35.0 Å². The van der Waals surface area contributed by atoms with Crippen LogP contribution in [0.3, 0.4) is 0 Å². The molecule has 4 aliphatic rings. The number of allylic oxidation sites excluding steroid dienone is 8. The van der Waals surface area contributed by atoms with Gasteiger partial charge in [0.05, 0.1) is 28.8 Å². The molecule has 15 heteroatoms. The summed E-state index contributed by atoms with van der Waals surface area (Å²) in [6.45, 7) is 11.0. The zero-order valence-corrected chi connectivity index (χ0v) is 38.8. The van der Waals surface area contributed by atoms with Gasteiger partial charge < -0.3 is 39.8 Å². The summed E-state index contributed by atoms with van der Waals surface area (Å²) < 4.78 is 0. The number of fused-ring (bicyclic) bond motifs is 5. The quantitative estimate of drug-likeness (QED) is 0.183. The molecule has 1 aromatic rings. The first-order valence-corrected chi connectivity index (χ1v) is 14.5. The van der Waals surface area contributed by atoms with E-state index in [0.717, 1.165) is 11.1 Å². The summed E-state index contributed by atoms with van der Waals surface area (Å²) in [7, 11) is 0. The van der Waals surface area contributed by atoms with Crippen LogP contribution in [0.2, 0.25) is 0 Å². The number of hydrogen-bond donors (Lipinski definition) is 0. The number of carbonyl (C=O) groups is 3. The smallest absolute Gasteiger partial charge is 0.877 e. The second-order valence-corrected chi connectivity index (χ2v) is 11.2. The minimum atomic E-state index is -1.58. The number of carboxylic acid groups (broad SMARTS) is 3. The first-order chi connectivity index (χ1) is 21.4. The van der Waals surface area contributed by atoms with Crippen molar-refractivity contribution in [3.8, 4) is 0 Å². The molecule has 5 rings (SSSR count). The van der Waals surface area contributed by atoms with Crippen molar-refractivity contribution in [3.63, 3.8) is 0 Å². The Bertz CT molecular complexity index is 1980. The first kappa shape index (κ1) is 47.1. The molecule has 0 saturated heterocycles. The summed E-state index contributed by atoms with van der Waals surface area (Å²) in [6, 6.07) is 0. The van der Waals surface area contributed by atoms with Crippen LogP contribution in [0.15, 0.2) is 85.4 Å². The zero-order valence-electron chi connectivity index (χ0n) is 28.5. The molecule has 0 saturated carbocycles. The minimum Gasteiger partial charge on any atom is -0.877 e. The van der Waals surface area contributed by atoms with Gasteiger partial charge >= 0.3 is 171 Å². The molecular formula is C34H29CuK3N4O7. The van der Waals surface area contributed by atoms with E-state index in [4.69, 9.17) is 15.0 Å². The Morgan fingerprint density at radius 3 is 2.18 bits per heavy atom. The average Bonchev–Trinajstić information content (AvgIpc) is 3.67. The molecule has 1 radical (unpaired) electrons. The van der Waals surface area contributed by atoms with E-state index in [1.54, 1.807) is 24.3 Å². The molecule has 8 bridgehead atoms. The monoisotopic (exact) mass is 785 g/mol. The van der Waals surface area contributed by atoms with Gasteiger partial charge in [0, 0.05) is 47.2 Å². The van der Waals surface area contributed by atoms with Crippen molar-refractivity contribution in [1.82, 2.24) is 4.98 Å². The molecule has 2 unspecified atom stereocenters. The molecule has 241 valence electrons. The number of carboxylic acids is 3. The van der Waals surface area contributed by atoms with E-state index in [0.29, 0.717) is 52.3 Å².